The van der Waals surface area contributed by atoms with E-state index >= 15 is 0 Å². The summed E-state index contributed by atoms with van der Waals surface area (Å²) in [6.07, 6.45) is 0.452. The van der Waals surface area contributed by atoms with Crippen molar-refractivity contribution in [2.45, 2.75) is 32.8 Å². The quantitative estimate of drug-likeness (QED) is 0.800. The van der Waals surface area contributed by atoms with E-state index in [0.717, 1.165) is 23.4 Å². The lowest BCUT2D eigenvalue weighted by Crippen LogP contribution is -2.34. The average Bonchev–Trinajstić information content (AvgIpc) is 2.54. The van der Waals surface area contributed by atoms with E-state index in [1.165, 1.54) is 4.90 Å². The number of amides is 1. The summed E-state index contributed by atoms with van der Waals surface area (Å²) in [7, 11) is 1.71. The normalized spacial score (nSPS) is 11.0. The Morgan fingerprint density at radius 3 is 2.21 bits per heavy atom. The number of carbonyl (C=O) groups is 1. The lowest BCUT2D eigenvalue weighted by Gasteiger charge is -2.24. The van der Waals surface area contributed by atoms with E-state index in [4.69, 9.17) is 9.47 Å². The zero-order valence-corrected chi connectivity index (χ0v) is 14.8. The highest BCUT2D eigenvalue weighted by atomic mass is 16.6. The second-order valence-corrected chi connectivity index (χ2v) is 6.62. The molecule has 0 saturated carbocycles. The van der Waals surface area contributed by atoms with Gasteiger partial charge in [0.15, 0.2) is 0 Å². The van der Waals surface area contributed by atoms with Gasteiger partial charge in [0.05, 0.1) is 6.61 Å². The number of anilines is 1. The molecule has 0 aliphatic carbocycles. The lowest BCUT2D eigenvalue weighted by atomic mass is 10.1. The first-order valence-corrected chi connectivity index (χ1v) is 8.09. The van der Waals surface area contributed by atoms with Gasteiger partial charge in [0.2, 0.25) is 0 Å². The van der Waals surface area contributed by atoms with Crippen LogP contribution in [0.1, 0.15) is 26.3 Å². The molecule has 0 unspecified atom stereocenters. The molecular formula is C20H25NO3. The van der Waals surface area contributed by atoms with Crippen molar-refractivity contribution in [3.05, 3.63) is 60.2 Å². The van der Waals surface area contributed by atoms with Crippen molar-refractivity contribution in [3.8, 4) is 5.75 Å². The molecule has 0 bridgehead atoms. The maximum absolute atomic E-state index is 12.1. The molecule has 0 aliphatic heterocycles. The Kier molecular flexibility index (Phi) is 5.85. The number of benzene rings is 2. The molecule has 0 spiro atoms. The van der Waals surface area contributed by atoms with Crippen LogP contribution in [0.4, 0.5) is 10.5 Å². The fraction of sp³-hybridized carbons (Fsp3) is 0.350. The molecule has 0 heterocycles. The van der Waals surface area contributed by atoms with Gasteiger partial charge < -0.3 is 9.47 Å². The van der Waals surface area contributed by atoms with Gasteiger partial charge in [0.25, 0.3) is 0 Å². The van der Waals surface area contributed by atoms with E-state index in [0.29, 0.717) is 6.61 Å². The maximum Gasteiger partial charge on any atom is 0.414 e. The Balaban J connectivity index is 1.87. The molecule has 4 nitrogen and oxygen atoms in total. The largest absolute Gasteiger partial charge is 0.493 e. The minimum atomic E-state index is -0.500. The van der Waals surface area contributed by atoms with E-state index < -0.39 is 5.60 Å². The van der Waals surface area contributed by atoms with Crippen LogP contribution in [0.25, 0.3) is 0 Å². The molecule has 0 N–H and O–H groups in total. The van der Waals surface area contributed by atoms with E-state index in [1.54, 1.807) is 7.05 Å². The summed E-state index contributed by atoms with van der Waals surface area (Å²) in [4.78, 5) is 13.6. The molecule has 0 fully saturated rings. The second-order valence-electron chi connectivity index (χ2n) is 6.62. The lowest BCUT2D eigenvalue weighted by molar-refractivity contribution is 0.0589. The van der Waals surface area contributed by atoms with Gasteiger partial charge in [-0.15, -0.1) is 0 Å². The topological polar surface area (TPSA) is 38.8 Å². The van der Waals surface area contributed by atoms with Crippen LogP contribution in [-0.2, 0) is 11.2 Å². The van der Waals surface area contributed by atoms with Crippen LogP contribution in [0.2, 0.25) is 0 Å². The smallest absolute Gasteiger partial charge is 0.414 e. The first-order valence-electron chi connectivity index (χ1n) is 8.09. The molecule has 2 aromatic rings. The third-order valence-corrected chi connectivity index (χ3v) is 3.39. The molecule has 24 heavy (non-hydrogen) atoms. The Hall–Kier alpha value is -2.49. The zero-order valence-electron chi connectivity index (χ0n) is 14.8. The zero-order chi connectivity index (χ0) is 17.6. The first-order chi connectivity index (χ1) is 11.3. The summed E-state index contributed by atoms with van der Waals surface area (Å²) >= 11 is 0. The number of ether oxygens (including phenoxy) is 2. The number of hydrogen-bond acceptors (Lipinski definition) is 3. The highest BCUT2D eigenvalue weighted by Crippen LogP contribution is 2.18. The third kappa shape index (κ3) is 5.61. The van der Waals surface area contributed by atoms with Crippen LogP contribution in [0.3, 0.4) is 0 Å². The number of para-hydroxylation sites is 1. The molecule has 0 aromatic heterocycles. The molecule has 2 rings (SSSR count). The standard InChI is InChI=1S/C20H25NO3/c1-20(2,3)24-19(22)21(4)17-12-10-16(11-13-17)14-15-23-18-8-6-5-7-9-18/h5-13H,14-15H2,1-4H3. The molecule has 0 saturated heterocycles. The van der Waals surface area contributed by atoms with E-state index in [2.05, 4.69) is 0 Å². The third-order valence-electron chi connectivity index (χ3n) is 3.39. The van der Waals surface area contributed by atoms with Crippen molar-refractivity contribution in [3.63, 3.8) is 0 Å². The van der Waals surface area contributed by atoms with Crippen molar-refractivity contribution in [2.75, 3.05) is 18.6 Å². The van der Waals surface area contributed by atoms with Gasteiger partial charge in [-0.1, -0.05) is 30.3 Å². The number of hydrogen-bond donors (Lipinski definition) is 0. The van der Waals surface area contributed by atoms with Crippen molar-refractivity contribution in [1.82, 2.24) is 0 Å². The van der Waals surface area contributed by atoms with Gasteiger partial charge in [0, 0.05) is 19.2 Å². The maximum atomic E-state index is 12.1. The molecular weight excluding hydrogens is 302 g/mol. The molecule has 0 radical (unpaired) electrons. The average molecular weight is 327 g/mol. The molecule has 4 heteroatoms. The summed E-state index contributed by atoms with van der Waals surface area (Å²) in [6.45, 7) is 6.18. The van der Waals surface area contributed by atoms with Crippen molar-refractivity contribution < 1.29 is 14.3 Å². The molecule has 128 valence electrons. The van der Waals surface area contributed by atoms with Gasteiger partial charge in [0.1, 0.15) is 11.4 Å². The van der Waals surface area contributed by atoms with Gasteiger partial charge in [-0.25, -0.2) is 4.79 Å². The molecule has 0 aliphatic rings. The monoisotopic (exact) mass is 327 g/mol. The highest BCUT2D eigenvalue weighted by molar-refractivity contribution is 5.87. The summed E-state index contributed by atoms with van der Waals surface area (Å²) in [6, 6.07) is 17.6. The number of rotatable bonds is 5. The summed E-state index contributed by atoms with van der Waals surface area (Å²) in [5.74, 6) is 0.874. The number of carbonyl (C=O) groups excluding carboxylic acids is 1. The Labute approximate surface area is 144 Å². The first kappa shape index (κ1) is 17.9. The SMILES string of the molecule is CN(C(=O)OC(C)(C)C)c1ccc(CCOc2ccccc2)cc1. The van der Waals surface area contributed by atoms with Crippen LogP contribution < -0.4 is 9.64 Å². The van der Waals surface area contributed by atoms with E-state index in [9.17, 15) is 4.79 Å². The minimum absolute atomic E-state index is 0.359. The summed E-state index contributed by atoms with van der Waals surface area (Å²) < 4.78 is 11.1. The summed E-state index contributed by atoms with van der Waals surface area (Å²) in [5, 5.41) is 0. The fourth-order valence-electron chi connectivity index (χ4n) is 2.13. The number of nitrogens with zero attached hydrogens (tertiary/aromatic N) is 1. The molecule has 1 amide bonds. The predicted molar refractivity (Wildman–Crippen MR) is 96.7 cm³/mol. The molecule has 2 aromatic carbocycles. The van der Waals surface area contributed by atoms with Gasteiger partial charge in [-0.3, -0.25) is 4.90 Å². The van der Waals surface area contributed by atoms with Gasteiger partial charge in [-0.2, -0.15) is 0 Å². The minimum Gasteiger partial charge on any atom is -0.493 e. The van der Waals surface area contributed by atoms with Crippen LogP contribution in [-0.4, -0.2) is 25.3 Å². The van der Waals surface area contributed by atoms with E-state index in [-0.39, 0.29) is 6.09 Å². The van der Waals surface area contributed by atoms with Gasteiger partial charge in [-0.05, 0) is 50.6 Å². The second kappa shape index (κ2) is 7.86. The Morgan fingerprint density at radius 1 is 1.00 bits per heavy atom. The molecule has 0 atom stereocenters. The van der Waals surface area contributed by atoms with Crippen LogP contribution in [0.15, 0.2) is 54.6 Å². The van der Waals surface area contributed by atoms with Crippen LogP contribution >= 0.6 is 0 Å². The van der Waals surface area contributed by atoms with Crippen LogP contribution in [0, 0.1) is 0 Å². The summed E-state index contributed by atoms with van der Waals surface area (Å²) in [5.41, 5.74) is 1.46. The van der Waals surface area contributed by atoms with Crippen molar-refractivity contribution in [1.29, 1.82) is 0 Å². The van der Waals surface area contributed by atoms with Crippen molar-refractivity contribution >= 4 is 11.8 Å². The Morgan fingerprint density at radius 2 is 1.62 bits per heavy atom. The van der Waals surface area contributed by atoms with Gasteiger partial charge >= 0.3 is 6.09 Å². The van der Waals surface area contributed by atoms with Crippen LogP contribution in [0.5, 0.6) is 5.75 Å². The predicted octanol–water partition coefficient (Wildman–Crippen LogP) is 4.68. The Bertz CT molecular complexity index is 645. The fourth-order valence-corrected chi connectivity index (χ4v) is 2.13. The van der Waals surface area contributed by atoms with E-state index in [1.807, 2.05) is 75.4 Å². The highest BCUT2D eigenvalue weighted by Gasteiger charge is 2.20. The van der Waals surface area contributed by atoms with Crippen molar-refractivity contribution in [2.24, 2.45) is 0 Å².